The second-order valence-corrected chi connectivity index (χ2v) is 4.79. The highest BCUT2D eigenvalue weighted by molar-refractivity contribution is 5.88. The molecular formula is C15H19N3O3. The van der Waals surface area contributed by atoms with Crippen LogP contribution in [0.15, 0.2) is 24.3 Å². The van der Waals surface area contributed by atoms with Crippen LogP contribution in [0, 0.1) is 6.92 Å². The molecule has 0 saturated heterocycles. The largest absolute Gasteiger partial charge is 0.492 e. The highest BCUT2D eigenvalue weighted by atomic mass is 16.5. The SMILES string of the molecule is CCOc1ccccc1-n1nnc(C(=O)OC(C)C)c1C. The number of aromatic nitrogens is 3. The number of benzene rings is 1. The van der Waals surface area contributed by atoms with Gasteiger partial charge in [-0.1, -0.05) is 17.3 Å². The van der Waals surface area contributed by atoms with E-state index in [1.54, 1.807) is 25.5 Å². The Morgan fingerprint density at radius 2 is 2.05 bits per heavy atom. The number of carbonyl (C=O) groups excluding carboxylic acids is 1. The standard InChI is InChI=1S/C15H19N3O3/c1-5-20-13-9-7-6-8-12(13)18-11(4)14(16-17-18)15(19)21-10(2)3/h6-10H,5H2,1-4H3. The van der Waals surface area contributed by atoms with Gasteiger partial charge in [-0.25, -0.2) is 9.48 Å². The van der Waals surface area contributed by atoms with Crippen LogP contribution in [0.3, 0.4) is 0 Å². The molecule has 6 heteroatoms. The fourth-order valence-corrected chi connectivity index (χ4v) is 1.93. The van der Waals surface area contributed by atoms with E-state index in [4.69, 9.17) is 9.47 Å². The zero-order valence-electron chi connectivity index (χ0n) is 12.7. The molecule has 1 aromatic heterocycles. The van der Waals surface area contributed by atoms with E-state index in [-0.39, 0.29) is 11.8 Å². The third kappa shape index (κ3) is 3.21. The molecule has 2 aromatic rings. The maximum absolute atomic E-state index is 12.0. The van der Waals surface area contributed by atoms with Crippen molar-refractivity contribution >= 4 is 5.97 Å². The Kier molecular flexibility index (Phi) is 4.57. The van der Waals surface area contributed by atoms with Crippen molar-refractivity contribution in [2.24, 2.45) is 0 Å². The lowest BCUT2D eigenvalue weighted by Gasteiger charge is -2.10. The van der Waals surface area contributed by atoms with Crippen molar-refractivity contribution in [3.8, 4) is 11.4 Å². The van der Waals surface area contributed by atoms with Crippen LogP contribution in [-0.4, -0.2) is 33.7 Å². The Labute approximate surface area is 123 Å². The summed E-state index contributed by atoms with van der Waals surface area (Å²) in [7, 11) is 0. The van der Waals surface area contributed by atoms with Crippen LogP contribution in [-0.2, 0) is 4.74 Å². The zero-order chi connectivity index (χ0) is 15.4. The summed E-state index contributed by atoms with van der Waals surface area (Å²) in [5.74, 6) is 0.222. The molecule has 0 N–H and O–H groups in total. The summed E-state index contributed by atoms with van der Waals surface area (Å²) in [4.78, 5) is 12.0. The molecule has 21 heavy (non-hydrogen) atoms. The molecule has 0 aliphatic heterocycles. The van der Waals surface area contributed by atoms with E-state index in [1.165, 1.54) is 0 Å². The lowest BCUT2D eigenvalue weighted by molar-refractivity contribution is 0.0370. The third-order valence-electron chi connectivity index (χ3n) is 2.82. The van der Waals surface area contributed by atoms with E-state index >= 15 is 0 Å². The van der Waals surface area contributed by atoms with Crippen molar-refractivity contribution in [3.63, 3.8) is 0 Å². The van der Waals surface area contributed by atoms with Gasteiger partial charge in [-0.05, 0) is 39.8 Å². The van der Waals surface area contributed by atoms with Crippen LogP contribution in [0.2, 0.25) is 0 Å². The van der Waals surface area contributed by atoms with E-state index in [2.05, 4.69) is 10.3 Å². The Balaban J connectivity index is 2.39. The van der Waals surface area contributed by atoms with Gasteiger partial charge in [0.05, 0.1) is 18.4 Å². The van der Waals surface area contributed by atoms with Gasteiger partial charge in [0, 0.05) is 0 Å². The van der Waals surface area contributed by atoms with Gasteiger partial charge in [-0.3, -0.25) is 0 Å². The first kappa shape index (κ1) is 15.0. The first-order valence-electron chi connectivity index (χ1n) is 6.90. The van der Waals surface area contributed by atoms with Crippen molar-refractivity contribution in [2.75, 3.05) is 6.61 Å². The number of hydrogen-bond acceptors (Lipinski definition) is 5. The summed E-state index contributed by atoms with van der Waals surface area (Å²) in [5.41, 5.74) is 1.58. The molecule has 0 fully saturated rings. The molecule has 112 valence electrons. The van der Waals surface area contributed by atoms with Gasteiger partial charge in [-0.2, -0.15) is 0 Å². The molecule has 6 nitrogen and oxygen atoms in total. The molecule has 0 bridgehead atoms. The maximum atomic E-state index is 12.0. The molecule has 2 rings (SSSR count). The molecule has 0 aliphatic carbocycles. The predicted molar refractivity (Wildman–Crippen MR) is 77.8 cm³/mol. The number of para-hydroxylation sites is 2. The molecule has 0 radical (unpaired) electrons. The predicted octanol–water partition coefficient (Wildman–Crippen LogP) is 2.54. The van der Waals surface area contributed by atoms with Crippen molar-refractivity contribution in [2.45, 2.75) is 33.8 Å². The Bertz CT molecular complexity index is 635. The van der Waals surface area contributed by atoms with Crippen LogP contribution in [0.5, 0.6) is 5.75 Å². The summed E-state index contributed by atoms with van der Waals surface area (Å²) in [6.07, 6.45) is -0.197. The minimum absolute atomic E-state index is 0.197. The van der Waals surface area contributed by atoms with E-state index in [1.807, 2.05) is 31.2 Å². The maximum Gasteiger partial charge on any atom is 0.361 e. The minimum atomic E-state index is -0.470. The van der Waals surface area contributed by atoms with Crippen LogP contribution in [0.25, 0.3) is 5.69 Å². The number of carbonyl (C=O) groups is 1. The Morgan fingerprint density at radius 3 is 2.71 bits per heavy atom. The van der Waals surface area contributed by atoms with Crippen molar-refractivity contribution in [1.29, 1.82) is 0 Å². The van der Waals surface area contributed by atoms with Crippen LogP contribution >= 0.6 is 0 Å². The van der Waals surface area contributed by atoms with Crippen molar-refractivity contribution < 1.29 is 14.3 Å². The van der Waals surface area contributed by atoms with Crippen molar-refractivity contribution in [1.82, 2.24) is 15.0 Å². The Morgan fingerprint density at radius 1 is 1.33 bits per heavy atom. The van der Waals surface area contributed by atoms with Gasteiger partial charge < -0.3 is 9.47 Å². The highest BCUT2D eigenvalue weighted by Crippen LogP contribution is 2.23. The lowest BCUT2D eigenvalue weighted by atomic mass is 10.2. The highest BCUT2D eigenvalue weighted by Gasteiger charge is 2.20. The smallest absolute Gasteiger partial charge is 0.361 e. The molecular weight excluding hydrogens is 270 g/mol. The summed E-state index contributed by atoms with van der Waals surface area (Å²) in [6, 6.07) is 7.48. The minimum Gasteiger partial charge on any atom is -0.492 e. The third-order valence-corrected chi connectivity index (χ3v) is 2.82. The second kappa shape index (κ2) is 6.39. The van der Waals surface area contributed by atoms with E-state index < -0.39 is 5.97 Å². The van der Waals surface area contributed by atoms with Gasteiger partial charge in [0.1, 0.15) is 11.4 Å². The molecule has 0 spiro atoms. The molecule has 0 unspecified atom stereocenters. The topological polar surface area (TPSA) is 66.2 Å². The monoisotopic (exact) mass is 289 g/mol. The summed E-state index contributed by atoms with van der Waals surface area (Å²) >= 11 is 0. The van der Waals surface area contributed by atoms with Gasteiger partial charge in [0.15, 0.2) is 5.69 Å². The number of nitrogens with zero attached hydrogens (tertiary/aromatic N) is 3. The fraction of sp³-hybridized carbons (Fsp3) is 0.400. The normalized spacial score (nSPS) is 10.7. The summed E-state index contributed by atoms with van der Waals surface area (Å²) < 4.78 is 12.3. The fourth-order valence-electron chi connectivity index (χ4n) is 1.93. The number of hydrogen-bond donors (Lipinski definition) is 0. The first-order valence-corrected chi connectivity index (χ1v) is 6.90. The average molecular weight is 289 g/mol. The van der Waals surface area contributed by atoms with Gasteiger partial charge >= 0.3 is 5.97 Å². The van der Waals surface area contributed by atoms with Crippen LogP contribution in [0.4, 0.5) is 0 Å². The zero-order valence-corrected chi connectivity index (χ0v) is 12.7. The quantitative estimate of drug-likeness (QED) is 0.791. The number of esters is 1. The van der Waals surface area contributed by atoms with Crippen LogP contribution in [0.1, 0.15) is 37.0 Å². The van der Waals surface area contributed by atoms with Gasteiger partial charge in [0.25, 0.3) is 0 Å². The lowest BCUT2D eigenvalue weighted by Crippen LogP contribution is -2.13. The average Bonchev–Trinajstić information content (AvgIpc) is 2.81. The number of ether oxygens (including phenoxy) is 2. The van der Waals surface area contributed by atoms with E-state index in [9.17, 15) is 4.79 Å². The number of rotatable bonds is 5. The molecule has 0 amide bonds. The second-order valence-electron chi connectivity index (χ2n) is 4.79. The van der Waals surface area contributed by atoms with Crippen molar-refractivity contribution in [3.05, 3.63) is 35.7 Å². The molecule has 0 atom stereocenters. The van der Waals surface area contributed by atoms with E-state index in [0.717, 1.165) is 5.69 Å². The molecule has 0 aliphatic rings. The molecule has 1 heterocycles. The Hall–Kier alpha value is -2.37. The molecule has 0 saturated carbocycles. The van der Waals surface area contributed by atoms with Crippen LogP contribution < -0.4 is 4.74 Å². The molecule has 1 aromatic carbocycles. The first-order chi connectivity index (χ1) is 10.0. The van der Waals surface area contributed by atoms with E-state index in [0.29, 0.717) is 18.1 Å². The van der Waals surface area contributed by atoms with Gasteiger partial charge in [-0.15, -0.1) is 5.10 Å². The summed E-state index contributed by atoms with van der Waals surface area (Å²) in [5, 5.41) is 7.97. The summed E-state index contributed by atoms with van der Waals surface area (Å²) in [6.45, 7) is 7.83. The van der Waals surface area contributed by atoms with Gasteiger partial charge in [0.2, 0.25) is 0 Å².